The van der Waals surface area contributed by atoms with Crippen LogP contribution in [-0.2, 0) is 22.6 Å². The Morgan fingerprint density at radius 3 is 2.43 bits per heavy atom. The summed E-state index contributed by atoms with van der Waals surface area (Å²) >= 11 is 0. The van der Waals surface area contributed by atoms with E-state index in [1.54, 1.807) is 12.3 Å². The fourth-order valence-electron chi connectivity index (χ4n) is 5.32. The monoisotopic (exact) mass is 507 g/mol. The normalized spacial score (nSPS) is 19.0. The van der Waals surface area contributed by atoms with Crippen molar-refractivity contribution < 1.29 is 19.1 Å². The second-order valence-corrected chi connectivity index (χ2v) is 10.0. The van der Waals surface area contributed by atoms with Crippen LogP contribution in [0.3, 0.4) is 0 Å². The number of nitrogens with zero attached hydrogens (tertiary/aromatic N) is 1. The average molecular weight is 508 g/mol. The maximum absolute atomic E-state index is 13.6. The lowest BCUT2D eigenvalue weighted by Crippen LogP contribution is -2.51. The molecule has 1 aliphatic carbocycles. The molecule has 0 radical (unpaired) electrons. The van der Waals surface area contributed by atoms with Gasteiger partial charge in [0.05, 0.1) is 17.8 Å². The summed E-state index contributed by atoms with van der Waals surface area (Å²) in [5, 5.41) is 14.8. The largest absolute Gasteiger partial charge is 0.469 e. The molecule has 200 valence electrons. The lowest BCUT2D eigenvalue weighted by Gasteiger charge is -2.41. The summed E-state index contributed by atoms with van der Waals surface area (Å²) in [7, 11) is 0. The van der Waals surface area contributed by atoms with E-state index in [1.165, 1.54) is 0 Å². The number of primary amides is 1. The first-order chi connectivity index (χ1) is 17.8. The third kappa shape index (κ3) is 7.21. The Kier molecular flexibility index (Phi) is 10.3. The molecule has 0 bridgehead atoms. The van der Waals surface area contributed by atoms with Crippen LogP contribution in [0.25, 0.3) is 0 Å². The lowest BCUT2D eigenvalue weighted by atomic mass is 9.63. The molecular formula is C30H41N3O4. The number of amides is 2. The van der Waals surface area contributed by atoms with E-state index in [1.807, 2.05) is 74.2 Å². The fraction of sp³-hybridized carbons (Fsp3) is 0.467. The third-order valence-corrected chi connectivity index (χ3v) is 7.03. The van der Waals surface area contributed by atoms with Crippen LogP contribution in [-0.4, -0.2) is 47.6 Å². The van der Waals surface area contributed by atoms with Gasteiger partial charge in [0.15, 0.2) is 0 Å². The van der Waals surface area contributed by atoms with Gasteiger partial charge in [-0.2, -0.15) is 0 Å². The molecule has 3 rings (SSSR count). The maximum atomic E-state index is 13.6. The highest BCUT2D eigenvalue weighted by atomic mass is 16.3. The SMILES string of the molecule is CCCN(CCC)C(=O)C1=CC(C)=CC(C(N)=O)([C@H](Cc2ccco2)[C@@H](O)CNCc2ccccc2)C1. The van der Waals surface area contributed by atoms with E-state index in [-0.39, 0.29) is 18.9 Å². The Morgan fingerprint density at radius 1 is 1.14 bits per heavy atom. The molecule has 4 N–H and O–H groups in total. The van der Waals surface area contributed by atoms with Crippen molar-refractivity contribution in [2.75, 3.05) is 19.6 Å². The lowest BCUT2D eigenvalue weighted by molar-refractivity contribution is -0.132. The molecule has 0 saturated carbocycles. The third-order valence-electron chi connectivity index (χ3n) is 7.03. The molecule has 1 heterocycles. The zero-order valence-electron chi connectivity index (χ0n) is 22.3. The summed E-state index contributed by atoms with van der Waals surface area (Å²) in [6.07, 6.45) is 6.50. The molecule has 0 spiro atoms. The van der Waals surface area contributed by atoms with Gasteiger partial charge in [-0.3, -0.25) is 9.59 Å². The Balaban J connectivity index is 1.91. The smallest absolute Gasteiger partial charge is 0.249 e. The van der Waals surface area contributed by atoms with Crippen molar-refractivity contribution in [3.8, 4) is 0 Å². The van der Waals surface area contributed by atoms with Crippen molar-refractivity contribution in [2.45, 2.75) is 59.1 Å². The molecule has 1 aromatic carbocycles. The number of rotatable bonds is 14. The van der Waals surface area contributed by atoms with Gasteiger partial charge in [-0.05, 0) is 43.9 Å². The summed E-state index contributed by atoms with van der Waals surface area (Å²) in [4.78, 5) is 28.6. The highest BCUT2D eigenvalue weighted by Gasteiger charge is 2.48. The van der Waals surface area contributed by atoms with Crippen molar-refractivity contribution in [1.29, 1.82) is 0 Å². The predicted molar refractivity (Wildman–Crippen MR) is 145 cm³/mol. The van der Waals surface area contributed by atoms with Gasteiger partial charge in [0.1, 0.15) is 5.76 Å². The molecule has 0 saturated heterocycles. The van der Waals surface area contributed by atoms with Gasteiger partial charge in [0.2, 0.25) is 11.8 Å². The molecule has 3 atom stereocenters. The number of benzene rings is 1. The summed E-state index contributed by atoms with van der Waals surface area (Å²) in [6.45, 7) is 8.10. The molecule has 2 amide bonds. The number of hydrogen-bond donors (Lipinski definition) is 3. The molecule has 7 nitrogen and oxygen atoms in total. The van der Waals surface area contributed by atoms with E-state index in [2.05, 4.69) is 5.32 Å². The number of carbonyl (C=O) groups excluding carboxylic acids is 2. The van der Waals surface area contributed by atoms with Crippen molar-refractivity contribution in [3.05, 3.63) is 83.3 Å². The summed E-state index contributed by atoms with van der Waals surface area (Å²) in [6, 6.07) is 13.5. The molecule has 1 unspecified atom stereocenters. The van der Waals surface area contributed by atoms with Gasteiger partial charge in [-0.1, -0.05) is 61.9 Å². The number of nitrogens with two attached hydrogens (primary N) is 1. The number of nitrogens with one attached hydrogen (secondary N) is 1. The van der Waals surface area contributed by atoms with Gasteiger partial charge >= 0.3 is 0 Å². The standard InChI is InChI=1S/C30H41N3O4/c1-4-13-33(14-5-2)28(35)24-16-22(3)18-30(19-24,29(31)36)26(17-25-12-9-15-37-25)27(34)21-32-20-23-10-7-6-8-11-23/h6-12,15-16,18,26-27,32,34H,4-5,13-14,17,19-21H2,1-3H3,(H2,31,36)/t26-,27+,30?/m1/s1. The Labute approximate surface area is 220 Å². The number of aliphatic hydroxyl groups is 1. The molecule has 2 aromatic rings. The Hall–Kier alpha value is -3.16. The van der Waals surface area contributed by atoms with E-state index in [4.69, 9.17) is 10.2 Å². The topological polar surface area (TPSA) is 109 Å². The maximum Gasteiger partial charge on any atom is 0.249 e. The number of aliphatic hydroxyl groups excluding tert-OH is 1. The Bertz CT molecular complexity index is 1070. The molecule has 0 fully saturated rings. The van der Waals surface area contributed by atoms with Gasteiger partial charge < -0.3 is 25.5 Å². The van der Waals surface area contributed by atoms with Crippen LogP contribution < -0.4 is 11.1 Å². The number of carbonyl (C=O) groups is 2. The van der Waals surface area contributed by atoms with Crippen molar-refractivity contribution in [1.82, 2.24) is 10.2 Å². The predicted octanol–water partition coefficient (Wildman–Crippen LogP) is 3.99. The number of hydrogen-bond acceptors (Lipinski definition) is 5. The van der Waals surface area contributed by atoms with Crippen LogP contribution in [0.1, 0.15) is 51.4 Å². The Morgan fingerprint density at radius 2 is 1.84 bits per heavy atom. The molecule has 1 aromatic heterocycles. The second kappa shape index (κ2) is 13.4. The summed E-state index contributed by atoms with van der Waals surface area (Å²) < 4.78 is 5.61. The first kappa shape index (κ1) is 28.4. The van der Waals surface area contributed by atoms with Gasteiger partial charge in [0.25, 0.3) is 0 Å². The average Bonchev–Trinajstić information content (AvgIpc) is 3.40. The van der Waals surface area contributed by atoms with E-state index >= 15 is 0 Å². The second-order valence-electron chi connectivity index (χ2n) is 10.0. The first-order valence-corrected chi connectivity index (χ1v) is 13.2. The first-order valence-electron chi connectivity index (χ1n) is 13.2. The van der Waals surface area contributed by atoms with E-state index < -0.39 is 23.3 Å². The van der Waals surface area contributed by atoms with Crippen LogP contribution in [0, 0.1) is 11.3 Å². The van der Waals surface area contributed by atoms with Crippen LogP contribution in [0.5, 0.6) is 0 Å². The van der Waals surface area contributed by atoms with Crippen molar-refractivity contribution >= 4 is 11.8 Å². The molecular weight excluding hydrogens is 466 g/mol. The van der Waals surface area contributed by atoms with Gasteiger partial charge in [-0.25, -0.2) is 0 Å². The van der Waals surface area contributed by atoms with E-state index in [0.717, 1.165) is 24.0 Å². The van der Waals surface area contributed by atoms with E-state index in [0.29, 0.717) is 37.4 Å². The molecule has 0 aliphatic heterocycles. The van der Waals surface area contributed by atoms with Gasteiger partial charge in [-0.15, -0.1) is 0 Å². The summed E-state index contributed by atoms with van der Waals surface area (Å²) in [5.41, 5.74) is 7.30. The van der Waals surface area contributed by atoms with Crippen LogP contribution >= 0.6 is 0 Å². The van der Waals surface area contributed by atoms with Crippen molar-refractivity contribution in [2.24, 2.45) is 17.1 Å². The molecule has 7 heteroatoms. The molecule has 1 aliphatic rings. The fourth-order valence-corrected chi connectivity index (χ4v) is 5.32. The van der Waals surface area contributed by atoms with Crippen molar-refractivity contribution in [3.63, 3.8) is 0 Å². The molecule has 37 heavy (non-hydrogen) atoms. The quantitative estimate of drug-likeness (QED) is 0.358. The highest BCUT2D eigenvalue weighted by molar-refractivity contribution is 5.96. The minimum Gasteiger partial charge on any atom is -0.469 e. The number of allylic oxidation sites excluding steroid dienone is 2. The van der Waals surface area contributed by atoms with Crippen LogP contribution in [0.2, 0.25) is 0 Å². The number of furan rings is 1. The minimum atomic E-state index is -1.24. The van der Waals surface area contributed by atoms with E-state index in [9.17, 15) is 14.7 Å². The zero-order valence-corrected chi connectivity index (χ0v) is 22.3. The zero-order chi connectivity index (χ0) is 26.8. The van der Waals surface area contributed by atoms with Gasteiger partial charge in [0, 0.05) is 44.1 Å². The van der Waals surface area contributed by atoms with Crippen LogP contribution in [0.15, 0.2) is 76.4 Å². The van der Waals surface area contributed by atoms with Crippen LogP contribution in [0.4, 0.5) is 0 Å². The highest BCUT2D eigenvalue weighted by Crippen LogP contribution is 2.44. The minimum absolute atomic E-state index is 0.0739. The summed E-state index contributed by atoms with van der Waals surface area (Å²) in [5.74, 6) is -0.576.